The number of benzene rings is 2. The first-order valence-electron chi connectivity index (χ1n) is 11.4. The lowest BCUT2D eigenvalue weighted by Crippen LogP contribution is -2.46. The average Bonchev–Trinajstić information content (AvgIpc) is 3.45. The van der Waals surface area contributed by atoms with Gasteiger partial charge in [-0.15, -0.1) is 0 Å². The van der Waals surface area contributed by atoms with E-state index in [1.54, 1.807) is 18.2 Å². The highest BCUT2D eigenvalue weighted by Crippen LogP contribution is 2.33. The van der Waals surface area contributed by atoms with Crippen molar-refractivity contribution < 1.29 is 23.6 Å². The number of nitrogens with zero attached hydrogens (tertiary/aromatic N) is 5. The van der Waals surface area contributed by atoms with Gasteiger partial charge in [0.15, 0.2) is 5.13 Å². The molecule has 0 aliphatic carbocycles. The molecule has 2 amide bonds. The second-order valence-corrected chi connectivity index (χ2v) is 9.58. The maximum Gasteiger partial charge on any atom is 0.414 e. The molecule has 0 radical (unpaired) electrons. The number of anilines is 3. The number of fused-ring (bicyclic) bond motifs is 1. The number of piperazine rings is 1. The van der Waals surface area contributed by atoms with Crippen LogP contribution in [-0.2, 0) is 9.53 Å². The number of rotatable bonds is 6. The molecule has 2 aliphatic heterocycles. The summed E-state index contributed by atoms with van der Waals surface area (Å²) >= 11 is 1.40. The average molecular weight is 515 g/mol. The zero-order valence-electron chi connectivity index (χ0n) is 19.3. The van der Waals surface area contributed by atoms with Crippen molar-refractivity contribution in [3.8, 4) is 0 Å². The predicted molar refractivity (Wildman–Crippen MR) is 133 cm³/mol. The van der Waals surface area contributed by atoms with E-state index in [2.05, 4.69) is 15.2 Å². The van der Waals surface area contributed by atoms with E-state index < -0.39 is 22.9 Å². The highest BCUT2D eigenvalue weighted by molar-refractivity contribution is 7.22. The topological polar surface area (TPSA) is 121 Å². The Hall–Kier alpha value is -4.00. The molecule has 2 saturated heterocycles. The summed E-state index contributed by atoms with van der Waals surface area (Å²) in [5.41, 5.74) is 1.59. The maximum absolute atomic E-state index is 15.1. The van der Waals surface area contributed by atoms with Crippen LogP contribution < -0.4 is 20.0 Å². The first-order valence-corrected chi connectivity index (χ1v) is 12.2. The van der Waals surface area contributed by atoms with E-state index in [1.807, 2.05) is 4.90 Å². The van der Waals surface area contributed by atoms with Crippen LogP contribution >= 0.6 is 11.3 Å². The molecule has 2 aliphatic rings. The molecule has 0 spiro atoms. The van der Waals surface area contributed by atoms with Crippen LogP contribution in [0.3, 0.4) is 0 Å². The largest absolute Gasteiger partial charge is 0.442 e. The van der Waals surface area contributed by atoms with Gasteiger partial charge in [0.25, 0.3) is 5.69 Å². The first-order chi connectivity index (χ1) is 17.3. The van der Waals surface area contributed by atoms with Gasteiger partial charge in [0.2, 0.25) is 5.91 Å². The molecule has 2 aromatic carbocycles. The number of hydrogen-bond donors (Lipinski definition) is 1. The molecule has 3 heterocycles. The second-order valence-electron chi connectivity index (χ2n) is 8.57. The lowest BCUT2D eigenvalue weighted by Gasteiger charge is -2.36. The van der Waals surface area contributed by atoms with Crippen molar-refractivity contribution >= 4 is 55.7 Å². The van der Waals surface area contributed by atoms with Gasteiger partial charge >= 0.3 is 6.09 Å². The molecule has 1 aromatic heterocycles. The predicted octanol–water partition coefficient (Wildman–Crippen LogP) is 3.13. The third-order valence-electron chi connectivity index (χ3n) is 6.16. The summed E-state index contributed by atoms with van der Waals surface area (Å²) in [7, 11) is 0. The van der Waals surface area contributed by atoms with Crippen molar-refractivity contribution in [1.82, 2.24) is 10.3 Å². The number of carbonyl (C=O) groups is 2. The van der Waals surface area contributed by atoms with Crippen LogP contribution in [0, 0.1) is 15.9 Å². The minimum absolute atomic E-state index is 0.0342. The summed E-state index contributed by atoms with van der Waals surface area (Å²) < 4.78 is 21.1. The summed E-state index contributed by atoms with van der Waals surface area (Å²) in [5.74, 6) is -0.654. The van der Waals surface area contributed by atoms with E-state index in [1.165, 1.54) is 41.4 Å². The van der Waals surface area contributed by atoms with Crippen molar-refractivity contribution in [3.05, 3.63) is 52.3 Å². The Labute approximate surface area is 209 Å². The highest BCUT2D eigenvalue weighted by atomic mass is 32.1. The Morgan fingerprint density at radius 1 is 1.22 bits per heavy atom. The lowest BCUT2D eigenvalue weighted by atomic mass is 10.2. The van der Waals surface area contributed by atoms with Crippen LogP contribution in [0.2, 0.25) is 0 Å². The van der Waals surface area contributed by atoms with Crippen molar-refractivity contribution in [3.63, 3.8) is 0 Å². The standard InChI is InChI=1S/C23H23FN6O5S/c1-14(31)25-12-17-13-29(23(32)35-17)15-3-5-20(18(24)10-15)27-6-8-28(9-7-27)22-26-19-4-2-16(30(33)34)11-21(19)36-22/h2-5,10-11,17H,6-9,12-13H2,1H3,(H,25,31). The van der Waals surface area contributed by atoms with Crippen LogP contribution in [-0.4, -0.2) is 67.3 Å². The molecule has 11 nitrogen and oxygen atoms in total. The van der Waals surface area contributed by atoms with Gasteiger partial charge < -0.3 is 19.9 Å². The van der Waals surface area contributed by atoms with Gasteiger partial charge in [-0.2, -0.15) is 0 Å². The summed E-state index contributed by atoms with van der Waals surface area (Å²) in [6, 6.07) is 9.30. The zero-order chi connectivity index (χ0) is 25.4. The quantitative estimate of drug-likeness (QED) is 0.393. The molecule has 1 atom stereocenters. The second kappa shape index (κ2) is 9.57. The molecule has 5 rings (SSSR count). The van der Waals surface area contributed by atoms with E-state index in [0.29, 0.717) is 43.1 Å². The number of cyclic esters (lactones) is 1. The fourth-order valence-corrected chi connectivity index (χ4v) is 5.36. The van der Waals surface area contributed by atoms with Crippen LogP contribution in [0.1, 0.15) is 6.92 Å². The zero-order valence-corrected chi connectivity index (χ0v) is 20.2. The number of thiazole rings is 1. The monoisotopic (exact) mass is 514 g/mol. The van der Waals surface area contributed by atoms with Gasteiger partial charge in [0.1, 0.15) is 11.9 Å². The van der Waals surface area contributed by atoms with E-state index in [-0.39, 0.29) is 24.7 Å². The SMILES string of the molecule is CC(=O)NCC1CN(c2ccc(N3CCN(c4nc5ccc([N+](=O)[O-])cc5s4)CC3)c(F)c2)C(=O)O1. The fraction of sp³-hybridized carbons (Fsp3) is 0.348. The van der Waals surface area contributed by atoms with Gasteiger partial charge in [-0.05, 0) is 24.3 Å². The van der Waals surface area contributed by atoms with Gasteiger partial charge in [-0.25, -0.2) is 14.2 Å². The summed E-state index contributed by atoms with van der Waals surface area (Å²) in [6.07, 6.45) is -1.07. The molecule has 36 heavy (non-hydrogen) atoms. The van der Waals surface area contributed by atoms with Gasteiger partial charge in [-0.3, -0.25) is 19.8 Å². The number of nitrogens with one attached hydrogen (secondary N) is 1. The van der Waals surface area contributed by atoms with Crippen molar-refractivity contribution in [1.29, 1.82) is 0 Å². The number of nitro benzene ring substituents is 1. The van der Waals surface area contributed by atoms with E-state index >= 15 is 4.39 Å². The number of aromatic nitrogens is 1. The Morgan fingerprint density at radius 3 is 2.67 bits per heavy atom. The molecule has 13 heteroatoms. The molecule has 0 bridgehead atoms. The van der Waals surface area contributed by atoms with Gasteiger partial charge in [0, 0.05) is 45.2 Å². The number of halogens is 1. The van der Waals surface area contributed by atoms with E-state index in [4.69, 9.17) is 4.74 Å². The normalized spacial score (nSPS) is 18.0. The molecule has 2 fully saturated rings. The van der Waals surface area contributed by atoms with Gasteiger partial charge in [-0.1, -0.05) is 11.3 Å². The summed E-state index contributed by atoms with van der Waals surface area (Å²) in [5, 5.41) is 14.4. The number of nitro groups is 1. The van der Waals surface area contributed by atoms with Crippen LogP contribution in [0.15, 0.2) is 36.4 Å². The minimum atomic E-state index is -0.577. The third kappa shape index (κ3) is 4.73. The number of amides is 2. The minimum Gasteiger partial charge on any atom is -0.442 e. The van der Waals surface area contributed by atoms with Crippen molar-refractivity contribution in [2.24, 2.45) is 0 Å². The Balaban J connectivity index is 1.23. The van der Waals surface area contributed by atoms with E-state index in [9.17, 15) is 19.7 Å². The first kappa shape index (κ1) is 23.7. The fourth-order valence-electron chi connectivity index (χ4n) is 4.31. The van der Waals surface area contributed by atoms with Gasteiger partial charge in [0.05, 0.1) is 39.6 Å². The lowest BCUT2D eigenvalue weighted by molar-refractivity contribution is -0.384. The molecular weight excluding hydrogens is 491 g/mol. The Bertz CT molecular complexity index is 1340. The maximum atomic E-state index is 15.1. The number of carbonyl (C=O) groups excluding carboxylic acids is 2. The summed E-state index contributed by atoms with van der Waals surface area (Å²) in [6.45, 7) is 4.18. The number of non-ortho nitro benzene ring substituents is 1. The Morgan fingerprint density at radius 2 is 1.97 bits per heavy atom. The molecule has 188 valence electrons. The van der Waals surface area contributed by atoms with Crippen molar-refractivity contribution in [2.45, 2.75) is 13.0 Å². The van der Waals surface area contributed by atoms with Crippen LogP contribution in [0.4, 0.5) is 31.4 Å². The molecule has 1 N–H and O–H groups in total. The van der Waals surface area contributed by atoms with Crippen LogP contribution in [0.25, 0.3) is 10.2 Å². The number of hydrogen-bond acceptors (Lipinski definition) is 9. The highest BCUT2D eigenvalue weighted by Gasteiger charge is 2.33. The molecule has 3 aromatic rings. The Kier molecular flexibility index (Phi) is 6.31. The molecule has 1 unspecified atom stereocenters. The summed E-state index contributed by atoms with van der Waals surface area (Å²) in [4.78, 5) is 43.9. The molecular formula is C23H23FN6O5S. The molecule has 0 saturated carbocycles. The third-order valence-corrected chi connectivity index (χ3v) is 7.24. The number of ether oxygens (including phenoxy) is 1. The van der Waals surface area contributed by atoms with Crippen LogP contribution in [0.5, 0.6) is 0 Å². The smallest absolute Gasteiger partial charge is 0.414 e. The van der Waals surface area contributed by atoms with E-state index in [0.717, 1.165) is 9.83 Å². The van der Waals surface area contributed by atoms with Crippen molar-refractivity contribution in [2.75, 3.05) is 54.0 Å².